The Labute approximate surface area is 200 Å². The predicted octanol–water partition coefficient (Wildman–Crippen LogP) is 4.26. The second kappa shape index (κ2) is 10.9. The van der Waals surface area contributed by atoms with Crippen LogP contribution in [0.1, 0.15) is 33.5 Å². The van der Waals surface area contributed by atoms with Crippen molar-refractivity contribution in [2.75, 3.05) is 36.5 Å². The molecular formula is C27H31N5O2. The van der Waals surface area contributed by atoms with E-state index in [0.717, 1.165) is 24.1 Å². The summed E-state index contributed by atoms with van der Waals surface area (Å²) in [5.74, 6) is -0.231. The van der Waals surface area contributed by atoms with Gasteiger partial charge < -0.3 is 26.6 Å². The largest absolute Gasteiger partial charge is 0.397 e. The number of benzene rings is 3. The van der Waals surface area contributed by atoms with Gasteiger partial charge in [-0.15, -0.1) is 0 Å². The smallest absolute Gasteiger partial charge is 0.322 e. The molecule has 0 bridgehead atoms. The summed E-state index contributed by atoms with van der Waals surface area (Å²) in [7, 11) is 1.86. The van der Waals surface area contributed by atoms with Crippen molar-refractivity contribution in [2.45, 2.75) is 25.8 Å². The molecule has 7 heteroatoms. The number of nitrogens with two attached hydrogens (primary N) is 1. The number of carbonyl (C=O) groups is 2. The molecule has 1 aliphatic carbocycles. The van der Waals surface area contributed by atoms with E-state index in [1.54, 1.807) is 29.2 Å². The van der Waals surface area contributed by atoms with Crippen molar-refractivity contribution in [1.29, 1.82) is 0 Å². The van der Waals surface area contributed by atoms with Crippen molar-refractivity contribution < 1.29 is 9.59 Å². The Morgan fingerprint density at radius 3 is 2.47 bits per heavy atom. The number of fused-ring (bicyclic) bond motifs is 1. The lowest BCUT2D eigenvalue weighted by Crippen LogP contribution is -2.38. The van der Waals surface area contributed by atoms with Crippen molar-refractivity contribution in [2.24, 2.45) is 0 Å². The Morgan fingerprint density at radius 1 is 0.941 bits per heavy atom. The molecule has 5 N–H and O–H groups in total. The van der Waals surface area contributed by atoms with Gasteiger partial charge in [0.1, 0.15) is 0 Å². The van der Waals surface area contributed by atoms with Crippen molar-refractivity contribution in [1.82, 2.24) is 10.2 Å². The second-order valence-electron chi connectivity index (χ2n) is 8.53. The molecule has 0 radical (unpaired) electrons. The molecule has 0 saturated carbocycles. The van der Waals surface area contributed by atoms with Crippen LogP contribution in [0.3, 0.4) is 0 Å². The lowest BCUT2D eigenvalue weighted by Gasteiger charge is -2.23. The fourth-order valence-electron chi connectivity index (χ4n) is 4.14. The zero-order valence-electron chi connectivity index (χ0n) is 19.4. The number of carbonyl (C=O) groups excluding carboxylic acids is 2. The van der Waals surface area contributed by atoms with E-state index in [2.05, 4.69) is 28.1 Å². The van der Waals surface area contributed by atoms with Gasteiger partial charge in [0, 0.05) is 30.9 Å². The van der Waals surface area contributed by atoms with Gasteiger partial charge in [0.25, 0.3) is 5.91 Å². The Bertz CT molecular complexity index is 1160. The molecule has 3 aromatic carbocycles. The van der Waals surface area contributed by atoms with Gasteiger partial charge in [-0.05, 0) is 79.4 Å². The topological polar surface area (TPSA) is 99.5 Å². The van der Waals surface area contributed by atoms with E-state index >= 15 is 0 Å². The van der Waals surface area contributed by atoms with Gasteiger partial charge in [0.2, 0.25) is 0 Å². The number of hydrogen-bond acceptors (Lipinski definition) is 4. The third kappa shape index (κ3) is 5.74. The number of likely N-dealkylation sites (N-methyl/N-ethyl adjacent to an activating group) is 1. The van der Waals surface area contributed by atoms with Crippen LogP contribution >= 0.6 is 0 Å². The van der Waals surface area contributed by atoms with Crippen LogP contribution in [-0.2, 0) is 19.4 Å². The number of hydrogen-bond donors (Lipinski definition) is 4. The number of aryl methyl sites for hydroxylation is 2. The highest BCUT2D eigenvalue weighted by atomic mass is 16.2. The van der Waals surface area contributed by atoms with E-state index in [4.69, 9.17) is 5.73 Å². The lowest BCUT2D eigenvalue weighted by atomic mass is 10.1. The fourth-order valence-corrected chi connectivity index (χ4v) is 4.14. The number of nitrogen functional groups attached to an aromatic ring is 1. The maximum absolute atomic E-state index is 13.0. The summed E-state index contributed by atoms with van der Waals surface area (Å²) in [6.45, 7) is 1.67. The minimum atomic E-state index is -0.231. The summed E-state index contributed by atoms with van der Waals surface area (Å²) in [6.07, 6.45) is 3.36. The zero-order valence-corrected chi connectivity index (χ0v) is 19.4. The van der Waals surface area contributed by atoms with E-state index in [-0.39, 0.29) is 11.9 Å². The molecule has 0 fully saturated rings. The quantitative estimate of drug-likeness (QED) is 0.380. The minimum Gasteiger partial charge on any atom is -0.397 e. The van der Waals surface area contributed by atoms with Crippen LogP contribution in [0, 0.1) is 0 Å². The number of nitrogens with one attached hydrogen (secondary N) is 3. The maximum atomic E-state index is 13.0. The van der Waals surface area contributed by atoms with Gasteiger partial charge >= 0.3 is 6.03 Å². The molecule has 3 aromatic rings. The van der Waals surface area contributed by atoms with Crippen LogP contribution in [0.25, 0.3) is 0 Å². The first-order valence-electron chi connectivity index (χ1n) is 11.6. The van der Waals surface area contributed by atoms with Gasteiger partial charge in [-0.25, -0.2) is 4.79 Å². The minimum absolute atomic E-state index is 0.144. The van der Waals surface area contributed by atoms with Crippen molar-refractivity contribution in [3.63, 3.8) is 0 Å². The monoisotopic (exact) mass is 457 g/mol. The van der Waals surface area contributed by atoms with E-state index < -0.39 is 0 Å². The van der Waals surface area contributed by atoms with Gasteiger partial charge in [0.15, 0.2) is 0 Å². The number of urea groups is 1. The zero-order chi connectivity index (χ0) is 23.9. The Hall–Kier alpha value is -3.84. The van der Waals surface area contributed by atoms with Gasteiger partial charge in [-0.1, -0.05) is 30.3 Å². The summed E-state index contributed by atoms with van der Waals surface area (Å²) in [5.41, 5.74) is 12.0. The molecule has 0 spiro atoms. The molecule has 34 heavy (non-hydrogen) atoms. The molecule has 0 unspecified atom stereocenters. The normalized spacial score (nSPS) is 12.1. The van der Waals surface area contributed by atoms with E-state index in [9.17, 15) is 9.59 Å². The summed E-state index contributed by atoms with van der Waals surface area (Å²) < 4.78 is 0. The average Bonchev–Trinajstić information content (AvgIpc) is 3.31. The molecule has 0 saturated heterocycles. The average molecular weight is 458 g/mol. The molecule has 4 rings (SSSR count). The fraction of sp³-hybridized carbons (Fsp3) is 0.259. The second-order valence-corrected chi connectivity index (χ2v) is 8.53. The van der Waals surface area contributed by atoms with Gasteiger partial charge in [0.05, 0.1) is 11.4 Å². The summed E-state index contributed by atoms with van der Waals surface area (Å²) in [4.78, 5) is 27.4. The van der Waals surface area contributed by atoms with Crippen molar-refractivity contribution >= 4 is 29.0 Å². The van der Waals surface area contributed by atoms with Crippen LogP contribution in [0.15, 0.2) is 66.7 Å². The highest BCUT2D eigenvalue weighted by molar-refractivity contribution is 6.05. The molecule has 176 valence electrons. The van der Waals surface area contributed by atoms with Crippen LogP contribution in [0.4, 0.5) is 21.9 Å². The Balaban J connectivity index is 1.40. The SMILES string of the molecule is CNCCN(Cc1ccc(C(=O)Nc2ccccc2N)cc1)C(=O)Nc1ccc2c(c1)CCC2. The first-order chi connectivity index (χ1) is 16.5. The van der Waals surface area contributed by atoms with Crippen LogP contribution in [-0.4, -0.2) is 37.0 Å². The number of amides is 3. The van der Waals surface area contributed by atoms with Crippen molar-refractivity contribution in [3.8, 4) is 0 Å². The number of nitrogens with zero attached hydrogens (tertiary/aromatic N) is 1. The first kappa shape index (κ1) is 23.3. The molecule has 3 amide bonds. The summed E-state index contributed by atoms with van der Waals surface area (Å²) in [6, 6.07) is 20.5. The molecule has 7 nitrogen and oxygen atoms in total. The number of rotatable bonds is 8. The standard InChI is InChI=1S/C27H31N5O2/c1-29-15-16-32(27(34)30-23-14-13-20-5-4-6-22(20)17-23)18-19-9-11-21(12-10-19)26(33)31-25-8-3-2-7-24(25)28/h2-3,7-14,17,29H,4-6,15-16,18,28H2,1H3,(H,30,34)(H,31,33). The Kier molecular flexibility index (Phi) is 7.44. The molecule has 0 atom stereocenters. The van der Waals surface area contributed by atoms with Gasteiger partial charge in [-0.3, -0.25) is 4.79 Å². The number of anilines is 3. The third-order valence-corrected chi connectivity index (χ3v) is 6.07. The molecule has 0 heterocycles. The highest BCUT2D eigenvalue weighted by Gasteiger charge is 2.17. The lowest BCUT2D eigenvalue weighted by molar-refractivity contribution is 0.102. The van der Waals surface area contributed by atoms with Crippen LogP contribution < -0.4 is 21.7 Å². The summed E-state index contributed by atoms with van der Waals surface area (Å²) in [5, 5.41) is 8.98. The van der Waals surface area contributed by atoms with Crippen molar-refractivity contribution in [3.05, 3.63) is 89.0 Å². The highest BCUT2D eigenvalue weighted by Crippen LogP contribution is 2.25. The maximum Gasteiger partial charge on any atom is 0.322 e. The van der Waals surface area contributed by atoms with E-state index in [0.29, 0.717) is 36.6 Å². The van der Waals surface area contributed by atoms with Crippen LogP contribution in [0.5, 0.6) is 0 Å². The Morgan fingerprint density at radius 2 is 1.71 bits per heavy atom. The predicted molar refractivity (Wildman–Crippen MR) is 137 cm³/mol. The first-order valence-corrected chi connectivity index (χ1v) is 11.6. The van der Waals surface area contributed by atoms with Crippen LogP contribution in [0.2, 0.25) is 0 Å². The molecular weight excluding hydrogens is 426 g/mol. The van der Waals surface area contributed by atoms with Gasteiger partial charge in [-0.2, -0.15) is 0 Å². The molecule has 1 aliphatic rings. The molecule has 0 aromatic heterocycles. The molecule has 0 aliphatic heterocycles. The van der Waals surface area contributed by atoms with E-state index in [1.165, 1.54) is 17.5 Å². The third-order valence-electron chi connectivity index (χ3n) is 6.07. The van der Waals surface area contributed by atoms with E-state index in [1.807, 2.05) is 37.4 Å². The number of para-hydroxylation sites is 2. The summed E-state index contributed by atoms with van der Waals surface area (Å²) >= 11 is 0.